The Balaban J connectivity index is 1.93. The molecule has 1 fully saturated rings. The molecule has 0 aromatic carbocycles. The number of oxazole rings is 1. The molecule has 2 rings (SSSR count). The molecule has 1 saturated heterocycles. The summed E-state index contributed by atoms with van der Waals surface area (Å²) < 4.78 is 5.33. The Labute approximate surface area is 113 Å². The standard InChI is InChI=1S/C13H22N4O2/c1-8-6-5-7-9(2)17(8)16-12(18)15-13-14-10(3)11(4)19-13/h8-9H,5-7H2,1-4H3,(H2,14,15,16,18)/t8-,9-/m0/s1. The van der Waals surface area contributed by atoms with E-state index in [0.717, 1.165) is 24.3 Å². The summed E-state index contributed by atoms with van der Waals surface area (Å²) in [6, 6.07) is 0.636. The molecule has 2 atom stereocenters. The number of piperidine rings is 1. The molecule has 0 spiro atoms. The van der Waals surface area contributed by atoms with Gasteiger partial charge in [-0.05, 0) is 40.5 Å². The van der Waals surface area contributed by atoms with Gasteiger partial charge in [0.15, 0.2) is 0 Å². The van der Waals surface area contributed by atoms with Gasteiger partial charge in [0.2, 0.25) is 0 Å². The van der Waals surface area contributed by atoms with Gasteiger partial charge in [-0.1, -0.05) is 6.42 Å². The molecule has 2 amide bonds. The van der Waals surface area contributed by atoms with E-state index in [9.17, 15) is 4.79 Å². The first-order valence-electron chi connectivity index (χ1n) is 6.77. The normalized spacial score (nSPS) is 24.2. The summed E-state index contributed by atoms with van der Waals surface area (Å²) in [5.74, 6) is 0.718. The minimum atomic E-state index is -0.304. The lowest BCUT2D eigenvalue weighted by atomic mass is 10.00. The number of aryl methyl sites for hydroxylation is 2. The fraction of sp³-hybridized carbons (Fsp3) is 0.692. The van der Waals surface area contributed by atoms with E-state index in [1.54, 1.807) is 0 Å². The van der Waals surface area contributed by atoms with E-state index in [-0.39, 0.29) is 12.0 Å². The maximum absolute atomic E-state index is 11.9. The monoisotopic (exact) mass is 266 g/mol. The van der Waals surface area contributed by atoms with Crippen LogP contribution in [0.25, 0.3) is 0 Å². The maximum atomic E-state index is 11.9. The van der Waals surface area contributed by atoms with Crippen LogP contribution in [0.3, 0.4) is 0 Å². The molecule has 0 saturated carbocycles. The molecular formula is C13H22N4O2. The first kappa shape index (κ1) is 13.9. The van der Waals surface area contributed by atoms with Crippen LogP contribution < -0.4 is 10.7 Å². The van der Waals surface area contributed by atoms with E-state index in [2.05, 4.69) is 29.6 Å². The van der Waals surface area contributed by atoms with Crippen LogP contribution in [-0.2, 0) is 0 Å². The van der Waals surface area contributed by atoms with E-state index in [4.69, 9.17) is 4.42 Å². The summed E-state index contributed by atoms with van der Waals surface area (Å²) in [6.07, 6.45) is 3.41. The van der Waals surface area contributed by atoms with Gasteiger partial charge in [0, 0.05) is 12.1 Å². The smallest absolute Gasteiger partial charge is 0.337 e. The molecule has 0 radical (unpaired) electrons. The first-order chi connectivity index (χ1) is 8.97. The van der Waals surface area contributed by atoms with Gasteiger partial charge in [-0.25, -0.2) is 9.80 Å². The maximum Gasteiger partial charge on any atom is 0.337 e. The van der Waals surface area contributed by atoms with Gasteiger partial charge in [0.05, 0.1) is 5.69 Å². The number of hydrazine groups is 1. The highest BCUT2D eigenvalue weighted by atomic mass is 16.4. The van der Waals surface area contributed by atoms with Crippen LogP contribution in [0, 0.1) is 13.8 Å². The van der Waals surface area contributed by atoms with Crippen molar-refractivity contribution in [1.82, 2.24) is 15.4 Å². The minimum Gasteiger partial charge on any atom is -0.428 e. The van der Waals surface area contributed by atoms with Crippen molar-refractivity contribution >= 4 is 12.0 Å². The summed E-state index contributed by atoms with van der Waals surface area (Å²) >= 11 is 0. The van der Waals surface area contributed by atoms with Crippen LogP contribution >= 0.6 is 0 Å². The van der Waals surface area contributed by atoms with Gasteiger partial charge in [0.1, 0.15) is 5.76 Å². The minimum absolute atomic E-state index is 0.241. The summed E-state index contributed by atoms with van der Waals surface area (Å²) in [6.45, 7) is 7.90. The Bertz CT molecular complexity index is 428. The molecule has 0 bridgehead atoms. The number of carbonyl (C=O) groups is 1. The van der Waals surface area contributed by atoms with Crippen molar-refractivity contribution in [3.63, 3.8) is 0 Å². The number of hydrogen-bond donors (Lipinski definition) is 2. The van der Waals surface area contributed by atoms with Crippen molar-refractivity contribution in [3.8, 4) is 0 Å². The molecule has 2 heterocycles. The predicted molar refractivity (Wildman–Crippen MR) is 72.7 cm³/mol. The number of nitrogens with zero attached hydrogens (tertiary/aromatic N) is 2. The highest BCUT2D eigenvalue weighted by Crippen LogP contribution is 2.20. The third-order valence-corrected chi connectivity index (χ3v) is 3.67. The van der Waals surface area contributed by atoms with Crippen LogP contribution in [0.2, 0.25) is 0 Å². The second-order valence-corrected chi connectivity index (χ2v) is 5.26. The molecule has 6 nitrogen and oxygen atoms in total. The highest BCUT2D eigenvalue weighted by molar-refractivity contribution is 5.86. The predicted octanol–water partition coefficient (Wildman–Crippen LogP) is 2.59. The van der Waals surface area contributed by atoms with Gasteiger partial charge in [-0.15, -0.1) is 0 Å². The lowest BCUT2D eigenvalue weighted by molar-refractivity contribution is 0.0624. The van der Waals surface area contributed by atoms with E-state index in [1.807, 2.05) is 18.9 Å². The van der Waals surface area contributed by atoms with Crippen molar-refractivity contribution in [2.45, 2.75) is 59.0 Å². The Morgan fingerprint density at radius 1 is 1.32 bits per heavy atom. The highest BCUT2D eigenvalue weighted by Gasteiger charge is 2.26. The molecule has 106 valence electrons. The molecule has 1 aliphatic rings. The third kappa shape index (κ3) is 3.26. The molecule has 0 aliphatic carbocycles. The second-order valence-electron chi connectivity index (χ2n) is 5.26. The van der Waals surface area contributed by atoms with Crippen LogP contribution in [0.5, 0.6) is 0 Å². The number of anilines is 1. The molecule has 1 aliphatic heterocycles. The Morgan fingerprint density at radius 2 is 1.95 bits per heavy atom. The fourth-order valence-electron chi connectivity index (χ4n) is 2.41. The van der Waals surface area contributed by atoms with E-state index in [0.29, 0.717) is 12.1 Å². The van der Waals surface area contributed by atoms with Crippen molar-refractivity contribution in [2.24, 2.45) is 0 Å². The number of carbonyl (C=O) groups excluding carboxylic acids is 1. The molecule has 0 unspecified atom stereocenters. The zero-order chi connectivity index (χ0) is 14.0. The number of rotatable bonds is 2. The van der Waals surface area contributed by atoms with Crippen molar-refractivity contribution in [1.29, 1.82) is 0 Å². The van der Waals surface area contributed by atoms with Gasteiger partial charge in [-0.2, -0.15) is 4.98 Å². The molecule has 1 aromatic heterocycles. The number of urea groups is 1. The van der Waals surface area contributed by atoms with Crippen LogP contribution in [0.4, 0.5) is 10.8 Å². The van der Waals surface area contributed by atoms with Gasteiger partial charge >= 0.3 is 12.0 Å². The fourth-order valence-corrected chi connectivity index (χ4v) is 2.41. The largest absolute Gasteiger partial charge is 0.428 e. The Hall–Kier alpha value is -1.56. The van der Waals surface area contributed by atoms with Crippen molar-refractivity contribution in [3.05, 3.63) is 11.5 Å². The van der Waals surface area contributed by atoms with Gasteiger partial charge in [-0.3, -0.25) is 10.7 Å². The Morgan fingerprint density at radius 3 is 2.47 bits per heavy atom. The number of hydrogen-bond acceptors (Lipinski definition) is 4. The lowest BCUT2D eigenvalue weighted by Crippen LogP contribution is -2.55. The Kier molecular flexibility index (Phi) is 4.09. The molecular weight excluding hydrogens is 244 g/mol. The SMILES string of the molecule is Cc1nc(NC(=O)NN2[C@@H](C)CCC[C@@H]2C)oc1C. The quantitative estimate of drug-likeness (QED) is 0.863. The molecule has 6 heteroatoms. The molecule has 19 heavy (non-hydrogen) atoms. The van der Waals surface area contributed by atoms with Gasteiger partial charge in [0.25, 0.3) is 0 Å². The van der Waals surface area contributed by atoms with Crippen LogP contribution in [0.15, 0.2) is 4.42 Å². The van der Waals surface area contributed by atoms with Crippen molar-refractivity contribution in [2.75, 3.05) is 5.32 Å². The summed E-state index contributed by atoms with van der Waals surface area (Å²) in [5, 5.41) is 4.62. The third-order valence-electron chi connectivity index (χ3n) is 3.67. The topological polar surface area (TPSA) is 70.4 Å². The first-order valence-corrected chi connectivity index (χ1v) is 6.77. The molecule has 2 N–H and O–H groups in total. The molecule has 1 aromatic rings. The zero-order valence-corrected chi connectivity index (χ0v) is 12.0. The summed E-state index contributed by atoms with van der Waals surface area (Å²) in [5.41, 5.74) is 3.67. The van der Waals surface area contributed by atoms with Crippen LogP contribution in [-0.4, -0.2) is 28.1 Å². The number of amides is 2. The average Bonchev–Trinajstić information content (AvgIpc) is 2.63. The lowest BCUT2D eigenvalue weighted by Gasteiger charge is -2.38. The summed E-state index contributed by atoms with van der Waals surface area (Å²) in [7, 11) is 0. The van der Waals surface area contributed by atoms with Gasteiger partial charge < -0.3 is 4.42 Å². The number of aromatic nitrogens is 1. The second kappa shape index (κ2) is 5.61. The van der Waals surface area contributed by atoms with E-state index >= 15 is 0 Å². The zero-order valence-electron chi connectivity index (χ0n) is 12.0. The van der Waals surface area contributed by atoms with E-state index in [1.165, 1.54) is 6.42 Å². The van der Waals surface area contributed by atoms with Crippen molar-refractivity contribution < 1.29 is 9.21 Å². The van der Waals surface area contributed by atoms with Crippen LogP contribution in [0.1, 0.15) is 44.6 Å². The number of nitrogens with one attached hydrogen (secondary N) is 2. The summed E-state index contributed by atoms with van der Waals surface area (Å²) in [4.78, 5) is 16.1. The average molecular weight is 266 g/mol. The van der Waals surface area contributed by atoms with E-state index < -0.39 is 0 Å².